The summed E-state index contributed by atoms with van der Waals surface area (Å²) in [6.45, 7) is 7.80. The van der Waals surface area contributed by atoms with Crippen LogP contribution < -0.4 is 0 Å². The van der Waals surface area contributed by atoms with Crippen LogP contribution in [0.15, 0.2) is 60.7 Å². The Labute approximate surface area is 223 Å². The quantitative estimate of drug-likeness (QED) is 0.271. The highest BCUT2D eigenvalue weighted by Crippen LogP contribution is 2.49. The fourth-order valence-corrected chi connectivity index (χ4v) is 4.92. The van der Waals surface area contributed by atoms with Crippen LogP contribution in [0.2, 0.25) is 0 Å². The van der Waals surface area contributed by atoms with Gasteiger partial charge in [-0.15, -0.1) is 10.3 Å². The van der Waals surface area contributed by atoms with E-state index in [4.69, 9.17) is 9.47 Å². The molecule has 0 aliphatic carbocycles. The maximum absolute atomic E-state index is 13.2. The molecule has 195 valence electrons. The number of rotatable bonds is 6. The average molecular weight is 511 g/mol. The third-order valence-corrected chi connectivity index (χ3v) is 7.13. The zero-order valence-corrected chi connectivity index (χ0v) is 22.6. The van der Waals surface area contributed by atoms with Crippen LogP contribution in [0.1, 0.15) is 81.8 Å². The first-order valence-electron chi connectivity index (χ1n) is 12.4. The summed E-state index contributed by atoms with van der Waals surface area (Å²) in [7, 11) is 2.72. The van der Waals surface area contributed by atoms with Crippen LogP contribution in [0, 0.1) is 0 Å². The SMILES string of the molecule is COC(=O)c1ccc(/C=C/c2cc3c(cc2/C=C/c2ccc(C(=O)OC)cc2)C(C)(C)N([O])C3(C)C)cc1. The van der Waals surface area contributed by atoms with E-state index in [0.29, 0.717) is 11.1 Å². The highest BCUT2D eigenvalue weighted by atomic mass is 16.5. The highest BCUT2D eigenvalue weighted by Gasteiger charge is 2.50. The molecule has 4 rings (SSSR count). The molecule has 0 unspecified atom stereocenters. The van der Waals surface area contributed by atoms with Gasteiger partial charge in [0.2, 0.25) is 0 Å². The van der Waals surface area contributed by atoms with Crippen molar-refractivity contribution in [1.82, 2.24) is 5.06 Å². The molecule has 0 atom stereocenters. The van der Waals surface area contributed by atoms with Gasteiger partial charge in [-0.3, -0.25) is 0 Å². The second-order valence-corrected chi connectivity index (χ2v) is 10.3. The van der Waals surface area contributed by atoms with Crippen LogP contribution in [0.3, 0.4) is 0 Å². The molecule has 1 aliphatic heterocycles. The molecule has 6 nitrogen and oxygen atoms in total. The molecule has 3 aromatic carbocycles. The van der Waals surface area contributed by atoms with Crippen molar-refractivity contribution >= 4 is 36.2 Å². The first kappa shape index (κ1) is 27.0. The van der Waals surface area contributed by atoms with Crippen molar-refractivity contribution in [3.63, 3.8) is 0 Å². The second-order valence-electron chi connectivity index (χ2n) is 10.3. The number of carbonyl (C=O) groups excluding carboxylic acids is 2. The number of methoxy groups -OCH3 is 2. The predicted molar refractivity (Wildman–Crippen MR) is 148 cm³/mol. The van der Waals surface area contributed by atoms with Crippen LogP contribution in [0.4, 0.5) is 0 Å². The zero-order chi connectivity index (χ0) is 27.7. The molecule has 0 fully saturated rings. The largest absolute Gasteiger partial charge is 0.465 e. The van der Waals surface area contributed by atoms with Crippen molar-refractivity contribution in [3.05, 3.63) is 105 Å². The van der Waals surface area contributed by atoms with E-state index in [1.807, 2.05) is 76.3 Å². The Bertz CT molecular complexity index is 1300. The molecule has 0 saturated heterocycles. The van der Waals surface area contributed by atoms with Gasteiger partial charge in [-0.1, -0.05) is 48.6 Å². The molecule has 6 heteroatoms. The number of esters is 2. The van der Waals surface area contributed by atoms with Crippen LogP contribution >= 0.6 is 0 Å². The standard InChI is InChI=1S/C32H32NO5/c1-31(2)27-19-25(17-11-21-7-13-23(14-8-21)29(34)37-5)26(20-28(27)32(3,4)33(31)36)18-12-22-9-15-24(16-10-22)30(35)38-6/h7-20H,1-6H3/b17-11+,18-12+. The molecule has 1 radical (unpaired) electrons. The number of hydrogen-bond donors (Lipinski definition) is 0. The third-order valence-electron chi connectivity index (χ3n) is 7.13. The number of hydrogen-bond acceptors (Lipinski definition) is 5. The summed E-state index contributed by atoms with van der Waals surface area (Å²) in [4.78, 5) is 23.5. The molecular formula is C32H32NO5. The van der Waals surface area contributed by atoms with Crippen LogP contribution in [0.25, 0.3) is 24.3 Å². The summed E-state index contributed by atoms with van der Waals surface area (Å²) in [6.07, 6.45) is 7.99. The van der Waals surface area contributed by atoms with Gasteiger partial charge in [0.25, 0.3) is 0 Å². The van der Waals surface area contributed by atoms with Crippen molar-refractivity contribution in [2.45, 2.75) is 38.8 Å². The van der Waals surface area contributed by atoms with E-state index >= 15 is 0 Å². The van der Waals surface area contributed by atoms with Gasteiger partial charge < -0.3 is 9.47 Å². The summed E-state index contributed by atoms with van der Waals surface area (Å²) in [5, 5.41) is 14.4. The first-order chi connectivity index (χ1) is 18.0. The number of carbonyl (C=O) groups is 2. The lowest BCUT2D eigenvalue weighted by Gasteiger charge is -2.32. The number of hydroxylamine groups is 2. The first-order valence-corrected chi connectivity index (χ1v) is 12.4. The number of benzene rings is 3. The van der Waals surface area contributed by atoms with Gasteiger partial charge in [-0.25, -0.2) is 9.59 Å². The van der Waals surface area contributed by atoms with E-state index in [1.165, 1.54) is 19.3 Å². The van der Waals surface area contributed by atoms with E-state index in [0.717, 1.165) is 33.4 Å². The Morgan fingerprint density at radius 1 is 0.632 bits per heavy atom. The van der Waals surface area contributed by atoms with E-state index in [9.17, 15) is 14.8 Å². The van der Waals surface area contributed by atoms with Gasteiger partial charge in [0.1, 0.15) is 0 Å². The number of fused-ring (bicyclic) bond motifs is 1. The smallest absolute Gasteiger partial charge is 0.337 e. The average Bonchev–Trinajstić information content (AvgIpc) is 3.06. The lowest BCUT2D eigenvalue weighted by atomic mass is 9.86. The molecule has 0 aromatic heterocycles. The van der Waals surface area contributed by atoms with Crippen molar-refractivity contribution in [2.24, 2.45) is 0 Å². The van der Waals surface area contributed by atoms with Crippen molar-refractivity contribution in [2.75, 3.05) is 14.2 Å². The van der Waals surface area contributed by atoms with Crippen molar-refractivity contribution in [1.29, 1.82) is 0 Å². The Hall–Kier alpha value is -4.00. The van der Waals surface area contributed by atoms with Gasteiger partial charge in [-0.2, -0.15) is 0 Å². The van der Waals surface area contributed by atoms with Gasteiger partial charge in [-0.05, 0) is 97.5 Å². The van der Waals surface area contributed by atoms with Crippen molar-refractivity contribution < 1.29 is 24.3 Å². The lowest BCUT2D eigenvalue weighted by molar-refractivity contribution is -0.266. The maximum atomic E-state index is 13.2. The molecule has 0 N–H and O–H groups in total. The topological polar surface area (TPSA) is 75.7 Å². The summed E-state index contributed by atoms with van der Waals surface area (Å²) in [5.74, 6) is -0.753. The van der Waals surface area contributed by atoms with E-state index in [1.54, 1.807) is 24.3 Å². The van der Waals surface area contributed by atoms with Gasteiger partial charge >= 0.3 is 11.9 Å². The zero-order valence-electron chi connectivity index (χ0n) is 22.6. The molecule has 3 aromatic rings. The van der Waals surface area contributed by atoms with E-state index < -0.39 is 11.1 Å². The Balaban J connectivity index is 1.74. The molecule has 1 heterocycles. The molecule has 38 heavy (non-hydrogen) atoms. The summed E-state index contributed by atoms with van der Waals surface area (Å²) in [5.41, 5.74) is 5.41. The highest BCUT2D eigenvalue weighted by molar-refractivity contribution is 5.90. The lowest BCUT2D eigenvalue weighted by Crippen LogP contribution is -2.41. The molecule has 1 aliphatic rings. The Kier molecular flexibility index (Phi) is 7.40. The molecule has 0 bridgehead atoms. The van der Waals surface area contributed by atoms with E-state index in [-0.39, 0.29) is 11.9 Å². The van der Waals surface area contributed by atoms with E-state index in [2.05, 4.69) is 12.1 Å². The number of ether oxygens (including phenoxy) is 2. The Morgan fingerprint density at radius 2 is 0.974 bits per heavy atom. The number of nitrogens with zero attached hydrogens (tertiary/aromatic N) is 1. The van der Waals surface area contributed by atoms with Crippen LogP contribution in [-0.2, 0) is 25.8 Å². The monoisotopic (exact) mass is 510 g/mol. The maximum Gasteiger partial charge on any atom is 0.337 e. The van der Waals surface area contributed by atoms with Crippen molar-refractivity contribution in [3.8, 4) is 0 Å². The minimum atomic E-state index is -0.671. The predicted octanol–water partition coefficient (Wildman–Crippen LogP) is 6.73. The summed E-state index contributed by atoms with van der Waals surface area (Å²) in [6, 6.07) is 18.6. The minimum Gasteiger partial charge on any atom is -0.465 e. The summed E-state index contributed by atoms with van der Waals surface area (Å²) >= 11 is 0. The second kappa shape index (κ2) is 10.4. The molecule has 0 spiro atoms. The minimum absolute atomic E-state index is 0.377. The van der Waals surface area contributed by atoms with Crippen LogP contribution in [-0.4, -0.2) is 31.2 Å². The van der Waals surface area contributed by atoms with Gasteiger partial charge in [0.15, 0.2) is 0 Å². The van der Waals surface area contributed by atoms with Crippen LogP contribution in [0.5, 0.6) is 0 Å². The van der Waals surface area contributed by atoms with Gasteiger partial charge in [0.05, 0.1) is 36.4 Å². The normalized spacial score (nSPS) is 16.1. The molecule has 0 amide bonds. The van der Waals surface area contributed by atoms with Gasteiger partial charge in [0, 0.05) is 0 Å². The molecule has 0 saturated carbocycles. The fraction of sp³-hybridized carbons (Fsp3) is 0.250. The molecular weight excluding hydrogens is 478 g/mol. The Morgan fingerprint density at radius 3 is 1.29 bits per heavy atom. The third kappa shape index (κ3) is 5.05. The fourth-order valence-electron chi connectivity index (χ4n) is 4.92. The summed E-state index contributed by atoms with van der Waals surface area (Å²) < 4.78 is 9.56.